The van der Waals surface area contributed by atoms with Crippen molar-refractivity contribution in [3.8, 4) is 0 Å². The first-order valence-electron chi connectivity index (χ1n) is 5.87. The van der Waals surface area contributed by atoms with Crippen LogP contribution in [-0.4, -0.2) is 26.5 Å². The molecule has 0 saturated heterocycles. The first-order chi connectivity index (χ1) is 8.04. The van der Waals surface area contributed by atoms with Gasteiger partial charge in [0.1, 0.15) is 0 Å². The number of aliphatic hydroxyl groups excluding tert-OH is 1. The van der Waals surface area contributed by atoms with Gasteiger partial charge in [0.2, 0.25) is 0 Å². The standard InChI is InChI=1S/C12H20N2O2S/c1-9(2)8-14-6-5-13-11(12(14)16)17-10(3)4-7-15/h5-6,9-10,15H,4,7-8H2,1-3H3. The summed E-state index contributed by atoms with van der Waals surface area (Å²) in [5, 5.41) is 9.57. The zero-order chi connectivity index (χ0) is 12.8. The van der Waals surface area contributed by atoms with E-state index < -0.39 is 0 Å². The molecule has 96 valence electrons. The number of hydrogen-bond acceptors (Lipinski definition) is 4. The second kappa shape index (κ2) is 6.81. The third kappa shape index (κ3) is 4.52. The van der Waals surface area contributed by atoms with E-state index in [0.717, 1.165) is 0 Å². The van der Waals surface area contributed by atoms with Gasteiger partial charge in [-0.2, -0.15) is 0 Å². The Hall–Kier alpha value is -0.810. The van der Waals surface area contributed by atoms with Crippen molar-refractivity contribution < 1.29 is 5.11 Å². The number of rotatable bonds is 6. The van der Waals surface area contributed by atoms with Crippen molar-refractivity contribution >= 4 is 11.8 Å². The van der Waals surface area contributed by atoms with Crippen molar-refractivity contribution in [3.05, 3.63) is 22.7 Å². The van der Waals surface area contributed by atoms with Gasteiger partial charge in [0.25, 0.3) is 5.56 Å². The largest absolute Gasteiger partial charge is 0.396 e. The fourth-order valence-corrected chi connectivity index (χ4v) is 2.42. The van der Waals surface area contributed by atoms with Gasteiger partial charge in [-0.05, 0) is 12.3 Å². The van der Waals surface area contributed by atoms with Crippen LogP contribution in [0.3, 0.4) is 0 Å². The lowest BCUT2D eigenvalue weighted by molar-refractivity contribution is 0.289. The Morgan fingerprint density at radius 3 is 2.76 bits per heavy atom. The molecule has 1 N–H and O–H groups in total. The lowest BCUT2D eigenvalue weighted by Gasteiger charge is -2.11. The van der Waals surface area contributed by atoms with Crippen LogP contribution in [0.25, 0.3) is 0 Å². The fraction of sp³-hybridized carbons (Fsp3) is 0.667. The van der Waals surface area contributed by atoms with Crippen LogP contribution in [0.5, 0.6) is 0 Å². The molecule has 1 aromatic rings. The van der Waals surface area contributed by atoms with Gasteiger partial charge in [-0.3, -0.25) is 4.79 Å². The van der Waals surface area contributed by atoms with Gasteiger partial charge in [0.15, 0.2) is 5.03 Å². The topological polar surface area (TPSA) is 55.1 Å². The highest BCUT2D eigenvalue weighted by Gasteiger charge is 2.10. The molecule has 0 saturated carbocycles. The monoisotopic (exact) mass is 256 g/mol. The summed E-state index contributed by atoms with van der Waals surface area (Å²) in [6, 6.07) is 0. The molecule has 1 aromatic heterocycles. The molecule has 0 radical (unpaired) electrons. The quantitative estimate of drug-likeness (QED) is 0.788. The van der Waals surface area contributed by atoms with E-state index in [1.807, 2.05) is 6.92 Å². The van der Waals surface area contributed by atoms with Gasteiger partial charge in [-0.25, -0.2) is 4.98 Å². The van der Waals surface area contributed by atoms with Crippen molar-refractivity contribution in [2.24, 2.45) is 5.92 Å². The van der Waals surface area contributed by atoms with Gasteiger partial charge in [0.05, 0.1) is 0 Å². The van der Waals surface area contributed by atoms with Crippen molar-refractivity contribution in [1.29, 1.82) is 0 Å². The minimum absolute atomic E-state index is 0.0315. The van der Waals surface area contributed by atoms with E-state index in [-0.39, 0.29) is 17.4 Å². The van der Waals surface area contributed by atoms with Crippen LogP contribution in [0.2, 0.25) is 0 Å². The first kappa shape index (κ1) is 14.3. The number of thioether (sulfide) groups is 1. The Morgan fingerprint density at radius 1 is 1.47 bits per heavy atom. The molecule has 0 fully saturated rings. The van der Waals surface area contributed by atoms with Crippen LogP contribution in [0, 0.1) is 5.92 Å². The molecule has 0 aliphatic heterocycles. The van der Waals surface area contributed by atoms with E-state index in [2.05, 4.69) is 18.8 Å². The average molecular weight is 256 g/mol. The van der Waals surface area contributed by atoms with Crippen LogP contribution >= 0.6 is 11.8 Å². The van der Waals surface area contributed by atoms with E-state index in [9.17, 15) is 4.79 Å². The molecule has 1 rings (SSSR count). The minimum Gasteiger partial charge on any atom is -0.396 e. The average Bonchev–Trinajstić information content (AvgIpc) is 2.23. The smallest absolute Gasteiger partial charge is 0.283 e. The number of aromatic nitrogens is 2. The number of hydrogen-bond donors (Lipinski definition) is 1. The number of nitrogens with zero attached hydrogens (tertiary/aromatic N) is 2. The first-order valence-corrected chi connectivity index (χ1v) is 6.75. The molecule has 1 atom stereocenters. The number of aliphatic hydroxyl groups is 1. The van der Waals surface area contributed by atoms with Crippen molar-refractivity contribution in [2.75, 3.05) is 6.61 Å². The van der Waals surface area contributed by atoms with Crippen LogP contribution in [0.1, 0.15) is 27.2 Å². The predicted octanol–water partition coefficient (Wildman–Crippen LogP) is 1.76. The SMILES string of the molecule is CC(C)Cn1ccnc(SC(C)CCO)c1=O. The summed E-state index contributed by atoms with van der Waals surface area (Å²) in [7, 11) is 0. The second-order valence-electron chi connectivity index (χ2n) is 4.52. The molecule has 0 amide bonds. The van der Waals surface area contributed by atoms with E-state index in [1.165, 1.54) is 11.8 Å². The van der Waals surface area contributed by atoms with Gasteiger partial charge in [-0.1, -0.05) is 32.5 Å². The van der Waals surface area contributed by atoms with Crippen molar-refractivity contribution in [2.45, 2.75) is 44.0 Å². The molecule has 0 aliphatic rings. The molecular weight excluding hydrogens is 236 g/mol. The molecule has 0 bridgehead atoms. The maximum absolute atomic E-state index is 12.1. The minimum atomic E-state index is -0.0315. The van der Waals surface area contributed by atoms with E-state index in [4.69, 9.17) is 5.11 Å². The summed E-state index contributed by atoms with van der Waals surface area (Å²) in [6.45, 7) is 6.99. The Morgan fingerprint density at radius 2 is 2.18 bits per heavy atom. The van der Waals surface area contributed by atoms with Crippen LogP contribution < -0.4 is 5.56 Å². The van der Waals surface area contributed by atoms with E-state index in [0.29, 0.717) is 23.9 Å². The molecule has 4 nitrogen and oxygen atoms in total. The molecular formula is C12H20N2O2S. The van der Waals surface area contributed by atoms with Gasteiger partial charge in [0, 0.05) is 30.8 Å². The van der Waals surface area contributed by atoms with E-state index >= 15 is 0 Å². The van der Waals surface area contributed by atoms with Crippen LogP contribution in [0.4, 0.5) is 0 Å². The third-order valence-electron chi connectivity index (χ3n) is 2.29. The summed E-state index contributed by atoms with van der Waals surface area (Å²) in [5.41, 5.74) is -0.0315. The fourth-order valence-electron chi connectivity index (χ4n) is 1.48. The summed E-state index contributed by atoms with van der Waals surface area (Å²) in [5.74, 6) is 0.433. The Kier molecular flexibility index (Phi) is 5.71. The molecule has 17 heavy (non-hydrogen) atoms. The highest BCUT2D eigenvalue weighted by molar-refractivity contribution is 7.99. The van der Waals surface area contributed by atoms with Crippen molar-refractivity contribution in [3.63, 3.8) is 0 Å². The van der Waals surface area contributed by atoms with E-state index in [1.54, 1.807) is 17.0 Å². The Labute approximate surface area is 106 Å². The lowest BCUT2D eigenvalue weighted by Crippen LogP contribution is -2.24. The lowest BCUT2D eigenvalue weighted by atomic mass is 10.2. The van der Waals surface area contributed by atoms with Crippen molar-refractivity contribution in [1.82, 2.24) is 9.55 Å². The summed E-state index contributed by atoms with van der Waals surface area (Å²) >= 11 is 1.43. The maximum atomic E-state index is 12.1. The van der Waals surface area contributed by atoms with Crippen LogP contribution in [0.15, 0.2) is 22.2 Å². The highest BCUT2D eigenvalue weighted by atomic mass is 32.2. The summed E-state index contributed by atoms with van der Waals surface area (Å²) in [4.78, 5) is 16.2. The van der Waals surface area contributed by atoms with Crippen LogP contribution in [-0.2, 0) is 6.54 Å². The molecule has 0 spiro atoms. The van der Waals surface area contributed by atoms with Gasteiger partial charge >= 0.3 is 0 Å². The van der Waals surface area contributed by atoms with Gasteiger partial charge in [-0.15, -0.1) is 0 Å². The Bertz CT molecular complexity index is 404. The zero-order valence-electron chi connectivity index (χ0n) is 10.6. The zero-order valence-corrected chi connectivity index (χ0v) is 11.4. The molecule has 1 heterocycles. The second-order valence-corrected chi connectivity index (χ2v) is 5.95. The molecule has 0 aromatic carbocycles. The Balaban J connectivity index is 2.83. The summed E-state index contributed by atoms with van der Waals surface area (Å²) < 4.78 is 1.70. The van der Waals surface area contributed by atoms with Gasteiger partial charge < -0.3 is 9.67 Å². The third-order valence-corrected chi connectivity index (χ3v) is 3.43. The molecule has 5 heteroatoms. The highest BCUT2D eigenvalue weighted by Crippen LogP contribution is 2.19. The normalized spacial score (nSPS) is 13.0. The summed E-state index contributed by atoms with van der Waals surface area (Å²) in [6.07, 6.45) is 4.06. The maximum Gasteiger partial charge on any atom is 0.283 e. The molecule has 0 aliphatic carbocycles. The predicted molar refractivity (Wildman–Crippen MR) is 70.4 cm³/mol. The molecule has 1 unspecified atom stereocenters.